The monoisotopic (exact) mass is 264 g/mol. The fourth-order valence-electron chi connectivity index (χ4n) is 1.43. The Hall–Kier alpha value is -2.57. The summed E-state index contributed by atoms with van der Waals surface area (Å²) in [7, 11) is 0. The zero-order valence-electron chi connectivity index (χ0n) is 10.4. The molecular formula is C12H12N2O5. The highest BCUT2D eigenvalue weighted by atomic mass is 16.4. The minimum Gasteiger partial charge on any atom is -0.478 e. The number of carboxylic acid groups (broad SMARTS) is 1. The van der Waals surface area contributed by atoms with Gasteiger partial charge in [-0.05, 0) is 13.8 Å². The van der Waals surface area contributed by atoms with Crippen molar-refractivity contribution >= 4 is 11.9 Å². The summed E-state index contributed by atoms with van der Waals surface area (Å²) < 4.78 is 10.2. The fourth-order valence-corrected chi connectivity index (χ4v) is 1.43. The maximum absolute atomic E-state index is 11.7. The lowest BCUT2D eigenvalue weighted by Crippen LogP contribution is -2.22. The van der Waals surface area contributed by atoms with Crippen LogP contribution in [0.2, 0.25) is 0 Å². The van der Waals surface area contributed by atoms with Crippen molar-refractivity contribution in [1.29, 1.82) is 0 Å². The van der Waals surface area contributed by atoms with E-state index >= 15 is 0 Å². The number of furan rings is 1. The Labute approximate surface area is 108 Å². The van der Waals surface area contributed by atoms with E-state index < -0.39 is 11.9 Å². The Morgan fingerprint density at radius 1 is 1.42 bits per heavy atom. The maximum atomic E-state index is 11.7. The lowest BCUT2D eigenvalue weighted by atomic mass is 10.3. The molecule has 2 rings (SSSR count). The van der Waals surface area contributed by atoms with Crippen LogP contribution in [0.25, 0.3) is 0 Å². The number of amides is 1. The SMILES string of the molecule is Cc1nc(CNC(=O)c2cc(C(=O)O)co2)oc1C. The van der Waals surface area contributed by atoms with Crippen molar-refractivity contribution in [2.45, 2.75) is 20.4 Å². The van der Waals surface area contributed by atoms with E-state index in [0.717, 1.165) is 18.0 Å². The summed E-state index contributed by atoms with van der Waals surface area (Å²) >= 11 is 0. The van der Waals surface area contributed by atoms with Crippen molar-refractivity contribution in [2.24, 2.45) is 0 Å². The van der Waals surface area contributed by atoms with Gasteiger partial charge in [0, 0.05) is 6.07 Å². The molecule has 7 nitrogen and oxygen atoms in total. The number of oxazole rings is 1. The number of hydrogen-bond acceptors (Lipinski definition) is 5. The first-order chi connectivity index (χ1) is 8.97. The molecule has 2 heterocycles. The molecule has 0 aromatic carbocycles. The Morgan fingerprint density at radius 2 is 2.16 bits per heavy atom. The standard InChI is InChI=1S/C12H12N2O5/c1-6-7(2)19-10(14-6)4-13-11(15)9-3-8(5-18-9)12(16)17/h3,5H,4H2,1-2H3,(H,13,15)(H,16,17). The van der Waals surface area contributed by atoms with Crippen LogP contribution in [0.4, 0.5) is 0 Å². The molecular weight excluding hydrogens is 252 g/mol. The Bertz CT molecular complexity index is 606. The molecule has 0 radical (unpaired) electrons. The van der Waals surface area contributed by atoms with Gasteiger partial charge in [-0.25, -0.2) is 9.78 Å². The quantitative estimate of drug-likeness (QED) is 0.867. The fraction of sp³-hybridized carbons (Fsp3) is 0.250. The predicted molar refractivity (Wildman–Crippen MR) is 62.8 cm³/mol. The van der Waals surface area contributed by atoms with Crippen LogP contribution in [-0.4, -0.2) is 22.0 Å². The van der Waals surface area contributed by atoms with E-state index in [0.29, 0.717) is 11.7 Å². The molecule has 0 bridgehead atoms. The number of rotatable bonds is 4. The van der Waals surface area contributed by atoms with Crippen molar-refractivity contribution < 1.29 is 23.5 Å². The molecule has 0 aliphatic heterocycles. The Morgan fingerprint density at radius 3 is 2.68 bits per heavy atom. The highest BCUT2D eigenvalue weighted by Crippen LogP contribution is 2.10. The largest absolute Gasteiger partial charge is 0.478 e. The van der Waals surface area contributed by atoms with Gasteiger partial charge >= 0.3 is 5.97 Å². The van der Waals surface area contributed by atoms with Crippen LogP contribution < -0.4 is 5.32 Å². The number of aromatic nitrogens is 1. The first kappa shape index (κ1) is 12.9. The zero-order valence-corrected chi connectivity index (χ0v) is 10.4. The lowest BCUT2D eigenvalue weighted by molar-refractivity contribution is 0.0696. The average molecular weight is 264 g/mol. The van der Waals surface area contributed by atoms with Gasteiger partial charge in [0.2, 0.25) is 5.89 Å². The number of carbonyl (C=O) groups excluding carboxylic acids is 1. The zero-order chi connectivity index (χ0) is 14.0. The minimum absolute atomic E-state index is 0.0719. The Kier molecular flexibility index (Phi) is 3.37. The van der Waals surface area contributed by atoms with E-state index in [4.69, 9.17) is 13.9 Å². The normalized spacial score (nSPS) is 10.4. The van der Waals surface area contributed by atoms with E-state index in [1.807, 2.05) is 0 Å². The first-order valence-electron chi connectivity index (χ1n) is 5.50. The lowest BCUT2D eigenvalue weighted by Gasteiger charge is -1.98. The maximum Gasteiger partial charge on any atom is 0.338 e. The average Bonchev–Trinajstić information content (AvgIpc) is 2.95. The summed E-state index contributed by atoms with van der Waals surface area (Å²) in [6.07, 6.45) is 1.01. The number of nitrogens with one attached hydrogen (secondary N) is 1. The number of aromatic carboxylic acids is 1. The summed E-state index contributed by atoms with van der Waals surface area (Å²) in [5.41, 5.74) is 0.684. The van der Waals surface area contributed by atoms with Crippen LogP contribution in [0, 0.1) is 13.8 Å². The van der Waals surface area contributed by atoms with Crippen LogP contribution in [0.1, 0.15) is 38.3 Å². The third-order valence-corrected chi connectivity index (χ3v) is 2.54. The summed E-state index contributed by atoms with van der Waals surface area (Å²) in [6.45, 7) is 3.69. The number of aryl methyl sites for hydroxylation is 2. The smallest absolute Gasteiger partial charge is 0.338 e. The van der Waals surface area contributed by atoms with E-state index in [1.165, 1.54) is 0 Å². The number of hydrogen-bond donors (Lipinski definition) is 2. The van der Waals surface area contributed by atoms with Crippen molar-refractivity contribution in [2.75, 3.05) is 0 Å². The molecule has 2 aromatic heterocycles. The molecule has 2 N–H and O–H groups in total. The highest BCUT2D eigenvalue weighted by molar-refractivity contribution is 5.95. The molecule has 0 unspecified atom stereocenters. The molecule has 0 saturated heterocycles. The minimum atomic E-state index is -1.15. The Balaban J connectivity index is 1.99. The van der Waals surface area contributed by atoms with Gasteiger partial charge in [-0.15, -0.1) is 0 Å². The summed E-state index contributed by atoms with van der Waals surface area (Å²) in [5.74, 6) is -0.677. The van der Waals surface area contributed by atoms with Crippen molar-refractivity contribution in [3.05, 3.63) is 41.0 Å². The van der Waals surface area contributed by atoms with Crippen LogP contribution in [0.5, 0.6) is 0 Å². The van der Waals surface area contributed by atoms with Crippen LogP contribution >= 0.6 is 0 Å². The van der Waals surface area contributed by atoms with Crippen molar-refractivity contribution in [1.82, 2.24) is 10.3 Å². The van der Waals surface area contributed by atoms with Crippen molar-refractivity contribution in [3.8, 4) is 0 Å². The third kappa shape index (κ3) is 2.82. The second-order valence-corrected chi connectivity index (χ2v) is 3.94. The number of carbonyl (C=O) groups is 2. The van der Waals surface area contributed by atoms with E-state index in [1.54, 1.807) is 13.8 Å². The molecule has 2 aromatic rings. The molecule has 0 saturated carbocycles. The van der Waals surface area contributed by atoms with Gasteiger partial charge in [0.15, 0.2) is 5.76 Å². The van der Waals surface area contributed by atoms with Gasteiger partial charge < -0.3 is 19.3 Å². The predicted octanol–water partition coefficient (Wildman–Crippen LogP) is 1.51. The molecule has 100 valence electrons. The van der Waals surface area contributed by atoms with Gasteiger partial charge in [0.1, 0.15) is 12.0 Å². The van der Waals surface area contributed by atoms with Gasteiger partial charge in [-0.3, -0.25) is 4.79 Å². The van der Waals surface area contributed by atoms with Crippen molar-refractivity contribution in [3.63, 3.8) is 0 Å². The van der Waals surface area contributed by atoms with Crippen LogP contribution in [0.3, 0.4) is 0 Å². The molecule has 19 heavy (non-hydrogen) atoms. The molecule has 1 amide bonds. The van der Waals surface area contributed by atoms with Crippen LogP contribution in [-0.2, 0) is 6.54 Å². The van der Waals surface area contributed by atoms with Crippen LogP contribution in [0.15, 0.2) is 21.2 Å². The van der Waals surface area contributed by atoms with E-state index in [9.17, 15) is 9.59 Å². The number of nitrogens with zero attached hydrogens (tertiary/aromatic N) is 1. The topological polar surface area (TPSA) is 106 Å². The van der Waals surface area contributed by atoms with E-state index in [2.05, 4.69) is 10.3 Å². The highest BCUT2D eigenvalue weighted by Gasteiger charge is 2.15. The molecule has 0 spiro atoms. The van der Waals surface area contributed by atoms with Gasteiger partial charge in [-0.1, -0.05) is 0 Å². The first-order valence-corrected chi connectivity index (χ1v) is 5.50. The molecule has 0 aliphatic rings. The molecule has 7 heteroatoms. The summed E-state index contributed by atoms with van der Waals surface area (Å²) in [4.78, 5) is 26.4. The molecule has 0 fully saturated rings. The second kappa shape index (κ2) is 4.97. The molecule has 0 atom stereocenters. The molecule has 0 aliphatic carbocycles. The van der Waals surface area contributed by atoms with Gasteiger partial charge in [0.25, 0.3) is 5.91 Å². The summed E-state index contributed by atoms with van der Waals surface area (Å²) in [6, 6.07) is 1.16. The van der Waals surface area contributed by atoms with E-state index in [-0.39, 0.29) is 17.9 Å². The second-order valence-electron chi connectivity index (χ2n) is 3.94. The van der Waals surface area contributed by atoms with Gasteiger partial charge in [0.05, 0.1) is 17.8 Å². The summed E-state index contributed by atoms with van der Waals surface area (Å²) in [5, 5.41) is 11.2. The van der Waals surface area contributed by atoms with Gasteiger partial charge in [-0.2, -0.15) is 0 Å². The third-order valence-electron chi connectivity index (χ3n) is 2.54. The number of carboxylic acids is 1.